The summed E-state index contributed by atoms with van der Waals surface area (Å²) >= 11 is 4.64. The monoisotopic (exact) mass is 315 g/mol. The van der Waals surface area contributed by atoms with E-state index in [4.69, 9.17) is 5.73 Å². The number of nitrogens with two attached hydrogens (primary N) is 1. The van der Waals surface area contributed by atoms with Crippen LogP contribution in [0.5, 0.6) is 0 Å². The van der Waals surface area contributed by atoms with Gasteiger partial charge in [-0.25, -0.2) is 9.37 Å². The quantitative estimate of drug-likeness (QED) is 0.847. The highest BCUT2D eigenvalue weighted by atomic mass is 79.9. The summed E-state index contributed by atoms with van der Waals surface area (Å²) < 4.78 is 13.8. The van der Waals surface area contributed by atoms with E-state index in [1.54, 1.807) is 23.6 Å². The molecule has 2 aromatic rings. The van der Waals surface area contributed by atoms with Gasteiger partial charge in [-0.3, -0.25) is 0 Å². The second-order valence-electron chi connectivity index (χ2n) is 3.59. The predicted octanol–water partition coefficient (Wildman–Crippen LogP) is 3.80. The molecule has 0 aliphatic heterocycles. The van der Waals surface area contributed by atoms with Crippen molar-refractivity contribution in [2.24, 2.45) is 0 Å². The van der Waals surface area contributed by atoms with Crippen LogP contribution in [0.2, 0.25) is 0 Å². The third-order valence-corrected chi connectivity index (χ3v) is 3.85. The second-order valence-corrected chi connectivity index (χ2v) is 5.37. The van der Waals surface area contributed by atoms with Gasteiger partial charge < -0.3 is 11.1 Å². The fraction of sp³-hybridized carbons (Fsp3) is 0.182. The van der Waals surface area contributed by atoms with Crippen LogP contribution in [0.15, 0.2) is 28.2 Å². The van der Waals surface area contributed by atoms with Crippen LogP contribution in [0.1, 0.15) is 18.0 Å². The van der Waals surface area contributed by atoms with E-state index in [-0.39, 0.29) is 11.9 Å². The van der Waals surface area contributed by atoms with E-state index in [0.717, 1.165) is 5.01 Å². The molecular weight excluding hydrogens is 305 g/mol. The highest BCUT2D eigenvalue weighted by Crippen LogP contribution is 2.29. The summed E-state index contributed by atoms with van der Waals surface area (Å²) in [6, 6.07) is 2.92. The zero-order chi connectivity index (χ0) is 12.4. The maximum Gasteiger partial charge on any atom is 0.139 e. The fourth-order valence-electron chi connectivity index (χ4n) is 1.43. The number of hydrogen-bond acceptors (Lipinski definition) is 4. The third-order valence-electron chi connectivity index (χ3n) is 2.29. The molecule has 1 aromatic heterocycles. The number of nitrogens with zero attached hydrogens (tertiary/aromatic N) is 1. The molecule has 3 N–H and O–H groups in total. The molecule has 1 unspecified atom stereocenters. The molecule has 0 radical (unpaired) electrons. The molecular formula is C11H11BrFN3S. The molecule has 0 saturated carbocycles. The lowest BCUT2D eigenvalue weighted by atomic mass is 10.2. The summed E-state index contributed by atoms with van der Waals surface area (Å²) in [5.74, 6) is -0.340. The van der Waals surface area contributed by atoms with Gasteiger partial charge in [0, 0.05) is 17.6 Å². The zero-order valence-electron chi connectivity index (χ0n) is 9.08. The minimum Gasteiger partial charge on any atom is -0.397 e. The molecule has 0 aliphatic rings. The highest BCUT2D eigenvalue weighted by molar-refractivity contribution is 9.10. The van der Waals surface area contributed by atoms with Crippen molar-refractivity contribution in [1.82, 2.24) is 4.98 Å². The van der Waals surface area contributed by atoms with Crippen molar-refractivity contribution in [3.05, 3.63) is 39.0 Å². The van der Waals surface area contributed by atoms with Crippen molar-refractivity contribution >= 4 is 38.6 Å². The van der Waals surface area contributed by atoms with Crippen LogP contribution < -0.4 is 11.1 Å². The molecule has 1 aromatic carbocycles. The van der Waals surface area contributed by atoms with Crippen LogP contribution in [0.25, 0.3) is 0 Å². The minimum atomic E-state index is -0.340. The van der Waals surface area contributed by atoms with Gasteiger partial charge in [0.25, 0.3) is 0 Å². The molecule has 0 amide bonds. The molecule has 0 aliphatic carbocycles. The van der Waals surface area contributed by atoms with Gasteiger partial charge in [0.2, 0.25) is 0 Å². The smallest absolute Gasteiger partial charge is 0.139 e. The Morgan fingerprint density at radius 3 is 2.94 bits per heavy atom. The van der Waals surface area contributed by atoms with Gasteiger partial charge in [0.1, 0.15) is 10.8 Å². The summed E-state index contributed by atoms with van der Waals surface area (Å²) in [6.45, 7) is 1.96. The number of anilines is 2. The van der Waals surface area contributed by atoms with Crippen molar-refractivity contribution in [3.8, 4) is 0 Å². The molecule has 90 valence electrons. The van der Waals surface area contributed by atoms with E-state index in [9.17, 15) is 4.39 Å². The van der Waals surface area contributed by atoms with Crippen LogP contribution >= 0.6 is 27.3 Å². The van der Waals surface area contributed by atoms with Crippen LogP contribution in [-0.4, -0.2) is 4.98 Å². The maximum atomic E-state index is 13.4. The van der Waals surface area contributed by atoms with Crippen LogP contribution in [0.3, 0.4) is 0 Å². The minimum absolute atomic E-state index is 0.00197. The number of hydrogen-bond donors (Lipinski definition) is 2. The predicted molar refractivity (Wildman–Crippen MR) is 72.7 cm³/mol. The molecule has 0 spiro atoms. The van der Waals surface area contributed by atoms with E-state index >= 15 is 0 Å². The lowest BCUT2D eigenvalue weighted by molar-refractivity contribution is 0.621. The molecule has 0 fully saturated rings. The summed E-state index contributed by atoms with van der Waals surface area (Å²) in [5.41, 5.74) is 6.89. The van der Waals surface area contributed by atoms with Gasteiger partial charge in [-0.05, 0) is 28.9 Å². The number of nitrogen functional groups attached to an aromatic ring is 1. The highest BCUT2D eigenvalue weighted by Gasteiger charge is 2.11. The summed E-state index contributed by atoms with van der Waals surface area (Å²) in [5, 5.41) is 5.98. The van der Waals surface area contributed by atoms with E-state index in [1.807, 2.05) is 12.3 Å². The molecule has 1 atom stereocenters. The van der Waals surface area contributed by atoms with E-state index in [2.05, 4.69) is 26.2 Å². The number of thiazole rings is 1. The third kappa shape index (κ3) is 2.76. The van der Waals surface area contributed by atoms with Gasteiger partial charge in [-0.1, -0.05) is 0 Å². The van der Waals surface area contributed by atoms with Crippen LogP contribution in [-0.2, 0) is 0 Å². The lowest BCUT2D eigenvalue weighted by Gasteiger charge is -2.15. The molecule has 0 saturated heterocycles. The second kappa shape index (κ2) is 5.01. The molecule has 6 heteroatoms. The SMILES string of the molecule is CC(Nc1cc(F)c(Br)cc1N)c1nccs1. The lowest BCUT2D eigenvalue weighted by Crippen LogP contribution is -2.08. The first-order chi connectivity index (χ1) is 8.08. The molecule has 3 nitrogen and oxygen atoms in total. The Labute approximate surface area is 111 Å². The van der Waals surface area contributed by atoms with Gasteiger partial charge in [-0.2, -0.15) is 0 Å². The number of aromatic nitrogens is 1. The molecule has 1 heterocycles. The summed E-state index contributed by atoms with van der Waals surface area (Å²) in [6.07, 6.45) is 1.74. The largest absolute Gasteiger partial charge is 0.397 e. The average Bonchev–Trinajstić information content (AvgIpc) is 2.79. The van der Waals surface area contributed by atoms with E-state index in [0.29, 0.717) is 15.8 Å². The molecule has 2 rings (SSSR count). The zero-order valence-corrected chi connectivity index (χ0v) is 11.5. The van der Waals surface area contributed by atoms with Crippen LogP contribution in [0.4, 0.5) is 15.8 Å². The van der Waals surface area contributed by atoms with Crippen molar-refractivity contribution in [1.29, 1.82) is 0 Å². The van der Waals surface area contributed by atoms with Crippen molar-refractivity contribution < 1.29 is 4.39 Å². The Balaban J connectivity index is 2.22. The first-order valence-corrected chi connectivity index (χ1v) is 6.65. The van der Waals surface area contributed by atoms with Gasteiger partial charge >= 0.3 is 0 Å². The van der Waals surface area contributed by atoms with Gasteiger partial charge in [-0.15, -0.1) is 11.3 Å². The summed E-state index contributed by atoms with van der Waals surface area (Å²) in [4.78, 5) is 4.19. The number of halogens is 2. The summed E-state index contributed by atoms with van der Waals surface area (Å²) in [7, 11) is 0. The Kier molecular flexibility index (Phi) is 3.63. The van der Waals surface area contributed by atoms with Gasteiger partial charge in [0.05, 0.1) is 21.9 Å². The Morgan fingerprint density at radius 2 is 2.29 bits per heavy atom. The Hall–Kier alpha value is -1.14. The van der Waals surface area contributed by atoms with Crippen molar-refractivity contribution in [2.75, 3.05) is 11.1 Å². The Morgan fingerprint density at radius 1 is 1.53 bits per heavy atom. The molecule has 17 heavy (non-hydrogen) atoms. The number of nitrogens with one attached hydrogen (secondary N) is 1. The van der Waals surface area contributed by atoms with Crippen molar-refractivity contribution in [3.63, 3.8) is 0 Å². The topological polar surface area (TPSA) is 50.9 Å². The first kappa shape index (κ1) is 12.3. The number of benzene rings is 1. The van der Waals surface area contributed by atoms with E-state index < -0.39 is 0 Å². The van der Waals surface area contributed by atoms with Crippen LogP contribution in [0, 0.1) is 5.82 Å². The standard InChI is InChI=1S/C11H11BrFN3S/c1-6(11-15-2-3-17-11)16-10-5-8(13)7(12)4-9(10)14/h2-6,16H,14H2,1H3. The Bertz CT molecular complexity index is 516. The first-order valence-electron chi connectivity index (χ1n) is 4.98. The van der Waals surface area contributed by atoms with Gasteiger partial charge in [0.15, 0.2) is 0 Å². The number of rotatable bonds is 3. The normalized spacial score (nSPS) is 12.4. The molecule has 0 bridgehead atoms. The maximum absolute atomic E-state index is 13.4. The average molecular weight is 316 g/mol. The fourth-order valence-corrected chi connectivity index (χ4v) is 2.44. The van der Waals surface area contributed by atoms with Crippen molar-refractivity contribution in [2.45, 2.75) is 13.0 Å². The van der Waals surface area contributed by atoms with E-state index in [1.165, 1.54) is 6.07 Å².